The Morgan fingerprint density at radius 1 is 1.17 bits per heavy atom. The van der Waals surface area contributed by atoms with Crippen LogP contribution in [0.25, 0.3) is 0 Å². The molecule has 0 atom stereocenters. The van der Waals surface area contributed by atoms with Gasteiger partial charge in [-0.2, -0.15) is 0 Å². The van der Waals surface area contributed by atoms with Crippen molar-refractivity contribution in [2.75, 3.05) is 5.32 Å². The molecule has 8 heteroatoms. The quantitative estimate of drug-likeness (QED) is 0.541. The molecular formula is C22H20ClN3O3S. The molecule has 1 aliphatic carbocycles. The lowest BCUT2D eigenvalue weighted by molar-refractivity contribution is -0.115. The van der Waals surface area contributed by atoms with E-state index in [0.717, 1.165) is 17.8 Å². The van der Waals surface area contributed by atoms with Gasteiger partial charge in [0.1, 0.15) is 17.4 Å². The van der Waals surface area contributed by atoms with E-state index in [2.05, 4.69) is 15.6 Å². The van der Waals surface area contributed by atoms with E-state index in [9.17, 15) is 9.59 Å². The maximum Gasteiger partial charge on any atom is 0.251 e. The minimum atomic E-state index is -0.190. The number of benzene rings is 2. The highest BCUT2D eigenvalue weighted by atomic mass is 35.5. The number of amides is 2. The second kappa shape index (κ2) is 9.28. The monoisotopic (exact) mass is 441 g/mol. The van der Waals surface area contributed by atoms with Crippen LogP contribution in [-0.4, -0.2) is 22.8 Å². The molecule has 1 fully saturated rings. The summed E-state index contributed by atoms with van der Waals surface area (Å²) < 4.78 is 5.68. The Morgan fingerprint density at radius 3 is 2.73 bits per heavy atom. The molecule has 6 nitrogen and oxygen atoms in total. The van der Waals surface area contributed by atoms with Gasteiger partial charge in [0.25, 0.3) is 5.91 Å². The highest BCUT2D eigenvalue weighted by molar-refractivity contribution is 7.09. The summed E-state index contributed by atoms with van der Waals surface area (Å²) in [5.74, 6) is 0.406. The average molecular weight is 442 g/mol. The molecule has 1 aromatic heterocycles. The van der Waals surface area contributed by atoms with Crippen molar-refractivity contribution in [3.63, 3.8) is 0 Å². The van der Waals surface area contributed by atoms with Crippen molar-refractivity contribution in [3.8, 4) is 5.75 Å². The molecule has 0 aliphatic heterocycles. The van der Waals surface area contributed by atoms with Crippen LogP contribution in [0, 0.1) is 0 Å². The van der Waals surface area contributed by atoms with E-state index >= 15 is 0 Å². The molecular weight excluding hydrogens is 422 g/mol. The zero-order valence-electron chi connectivity index (χ0n) is 16.1. The third kappa shape index (κ3) is 5.81. The molecule has 2 N–H and O–H groups in total. The average Bonchev–Trinajstić information content (AvgIpc) is 3.44. The Morgan fingerprint density at radius 2 is 1.97 bits per heavy atom. The van der Waals surface area contributed by atoms with Crippen molar-refractivity contribution < 1.29 is 14.3 Å². The Bertz CT molecular complexity index is 1050. The Labute approximate surface area is 183 Å². The number of aromatic nitrogens is 1. The molecule has 0 saturated heterocycles. The van der Waals surface area contributed by atoms with Crippen LogP contribution < -0.4 is 15.4 Å². The molecule has 0 spiro atoms. The number of rotatable bonds is 8. The molecule has 1 heterocycles. The number of ether oxygens (including phenoxy) is 1. The SMILES string of the molecule is O=C(Cc1csc(COc2ccc(Cl)cc2)n1)Nc1cccc(C(=O)NC2CC2)c1. The first-order chi connectivity index (χ1) is 14.5. The molecule has 3 aromatic rings. The number of thiazole rings is 1. The van der Waals surface area contributed by atoms with Gasteiger partial charge >= 0.3 is 0 Å². The lowest BCUT2D eigenvalue weighted by Crippen LogP contribution is -2.25. The number of carbonyl (C=O) groups excluding carboxylic acids is 2. The molecule has 30 heavy (non-hydrogen) atoms. The number of halogens is 1. The molecule has 154 valence electrons. The Kier molecular flexibility index (Phi) is 6.30. The fourth-order valence-electron chi connectivity index (χ4n) is 2.78. The van der Waals surface area contributed by atoms with Gasteiger partial charge in [-0.05, 0) is 55.3 Å². The summed E-state index contributed by atoms with van der Waals surface area (Å²) in [6.07, 6.45) is 2.21. The lowest BCUT2D eigenvalue weighted by Gasteiger charge is -2.07. The highest BCUT2D eigenvalue weighted by Gasteiger charge is 2.23. The number of hydrogen-bond acceptors (Lipinski definition) is 5. The molecule has 4 rings (SSSR count). The van der Waals surface area contributed by atoms with Crippen LogP contribution in [0.2, 0.25) is 5.02 Å². The van der Waals surface area contributed by atoms with Crippen LogP contribution in [0.4, 0.5) is 5.69 Å². The maximum absolute atomic E-state index is 12.4. The van der Waals surface area contributed by atoms with Crippen molar-refractivity contribution in [1.29, 1.82) is 0 Å². The van der Waals surface area contributed by atoms with Crippen molar-refractivity contribution in [1.82, 2.24) is 10.3 Å². The molecule has 2 amide bonds. The smallest absolute Gasteiger partial charge is 0.251 e. The van der Waals surface area contributed by atoms with Crippen LogP contribution in [0.3, 0.4) is 0 Å². The van der Waals surface area contributed by atoms with Crippen molar-refractivity contribution >= 4 is 40.4 Å². The summed E-state index contributed by atoms with van der Waals surface area (Å²) in [5.41, 5.74) is 1.80. The van der Waals surface area contributed by atoms with Gasteiger partial charge in [-0.3, -0.25) is 9.59 Å². The second-order valence-corrected chi connectivity index (χ2v) is 8.41. The predicted molar refractivity (Wildman–Crippen MR) is 117 cm³/mol. The van der Waals surface area contributed by atoms with Gasteiger partial charge in [-0.1, -0.05) is 17.7 Å². The van der Waals surface area contributed by atoms with Crippen LogP contribution in [0.15, 0.2) is 53.9 Å². The van der Waals surface area contributed by atoms with Gasteiger partial charge in [0.2, 0.25) is 5.91 Å². The van der Waals surface area contributed by atoms with E-state index in [0.29, 0.717) is 40.4 Å². The maximum atomic E-state index is 12.4. The summed E-state index contributed by atoms with van der Waals surface area (Å²) >= 11 is 7.30. The van der Waals surface area contributed by atoms with Gasteiger partial charge < -0.3 is 15.4 Å². The van der Waals surface area contributed by atoms with Gasteiger partial charge in [0.05, 0.1) is 12.1 Å². The van der Waals surface area contributed by atoms with Crippen molar-refractivity contribution in [2.24, 2.45) is 0 Å². The first-order valence-electron chi connectivity index (χ1n) is 9.57. The normalized spacial score (nSPS) is 13.0. The van der Waals surface area contributed by atoms with Crippen LogP contribution in [0.1, 0.15) is 33.9 Å². The van der Waals surface area contributed by atoms with Gasteiger partial charge in [0.15, 0.2) is 0 Å². The van der Waals surface area contributed by atoms with E-state index < -0.39 is 0 Å². The van der Waals surface area contributed by atoms with Crippen LogP contribution in [-0.2, 0) is 17.8 Å². The molecule has 0 radical (unpaired) electrons. The van der Waals surface area contributed by atoms with E-state index in [-0.39, 0.29) is 18.2 Å². The molecule has 0 bridgehead atoms. The number of hydrogen-bond donors (Lipinski definition) is 2. The Balaban J connectivity index is 1.29. The van der Waals surface area contributed by atoms with Gasteiger partial charge in [-0.15, -0.1) is 11.3 Å². The van der Waals surface area contributed by atoms with Gasteiger partial charge in [-0.25, -0.2) is 4.98 Å². The Hall–Kier alpha value is -2.90. The minimum absolute atomic E-state index is 0.113. The van der Waals surface area contributed by atoms with Crippen molar-refractivity contribution in [2.45, 2.75) is 31.9 Å². The molecule has 1 aliphatic rings. The van der Waals surface area contributed by atoms with Crippen molar-refractivity contribution in [3.05, 3.63) is 75.2 Å². The minimum Gasteiger partial charge on any atom is -0.486 e. The summed E-state index contributed by atoms with van der Waals surface area (Å²) in [5, 5.41) is 9.05. The molecule has 2 aromatic carbocycles. The largest absolute Gasteiger partial charge is 0.486 e. The van der Waals surface area contributed by atoms with E-state index in [4.69, 9.17) is 16.3 Å². The fourth-order valence-corrected chi connectivity index (χ4v) is 3.61. The number of anilines is 1. The third-order valence-corrected chi connectivity index (χ3v) is 5.56. The fraction of sp³-hybridized carbons (Fsp3) is 0.227. The topological polar surface area (TPSA) is 80.3 Å². The van der Waals surface area contributed by atoms with Crippen LogP contribution >= 0.6 is 22.9 Å². The lowest BCUT2D eigenvalue weighted by atomic mass is 10.2. The number of nitrogens with one attached hydrogen (secondary N) is 2. The third-order valence-electron chi connectivity index (χ3n) is 4.44. The number of nitrogens with zero attached hydrogens (tertiary/aromatic N) is 1. The van der Waals surface area contributed by atoms with Crippen LogP contribution in [0.5, 0.6) is 5.75 Å². The predicted octanol–water partition coefficient (Wildman–Crippen LogP) is 4.45. The van der Waals surface area contributed by atoms with E-state index in [1.54, 1.807) is 48.5 Å². The standard InChI is InChI=1S/C22H20ClN3O3S/c23-15-4-8-19(9-5-15)29-12-21-25-18(13-30-21)11-20(27)24-17-3-1-2-14(10-17)22(28)26-16-6-7-16/h1-5,8-10,13,16H,6-7,11-12H2,(H,24,27)(H,26,28). The summed E-state index contributed by atoms with van der Waals surface area (Å²) in [4.78, 5) is 29.0. The first kappa shape index (κ1) is 20.4. The number of carbonyl (C=O) groups is 2. The molecule has 1 saturated carbocycles. The zero-order valence-corrected chi connectivity index (χ0v) is 17.6. The first-order valence-corrected chi connectivity index (χ1v) is 10.8. The van der Waals surface area contributed by atoms with E-state index in [1.807, 2.05) is 5.38 Å². The molecule has 0 unspecified atom stereocenters. The zero-order chi connectivity index (χ0) is 20.9. The van der Waals surface area contributed by atoms with E-state index in [1.165, 1.54) is 11.3 Å². The van der Waals surface area contributed by atoms with Gasteiger partial charge in [0, 0.05) is 27.7 Å². The summed E-state index contributed by atoms with van der Waals surface area (Å²) in [6, 6.07) is 14.3. The highest BCUT2D eigenvalue weighted by Crippen LogP contribution is 2.21. The summed E-state index contributed by atoms with van der Waals surface area (Å²) in [6.45, 7) is 0.325. The summed E-state index contributed by atoms with van der Waals surface area (Å²) in [7, 11) is 0. The second-order valence-electron chi connectivity index (χ2n) is 7.03.